The lowest BCUT2D eigenvalue weighted by Gasteiger charge is -2.31. The first-order valence-electron chi connectivity index (χ1n) is 12.6. The molecule has 1 amide bonds. The van der Waals surface area contributed by atoms with Crippen molar-refractivity contribution in [3.05, 3.63) is 58.1 Å². The van der Waals surface area contributed by atoms with Crippen LogP contribution in [0.25, 0.3) is 10.6 Å². The lowest BCUT2D eigenvalue weighted by Crippen LogP contribution is -2.37. The summed E-state index contributed by atoms with van der Waals surface area (Å²) < 4.78 is 11.7. The second kappa shape index (κ2) is 11.2. The number of thiazole rings is 1. The number of rotatable bonds is 8. The highest BCUT2D eigenvalue weighted by Gasteiger charge is 2.30. The number of carbonyl (C=O) groups excluding carboxylic acids is 1. The van der Waals surface area contributed by atoms with E-state index in [1.54, 1.807) is 12.0 Å². The number of amides is 1. The predicted molar refractivity (Wildman–Crippen MR) is 146 cm³/mol. The summed E-state index contributed by atoms with van der Waals surface area (Å²) in [4.78, 5) is 23.0. The van der Waals surface area contributed by atoms with Gasteiger partial charge in [0.2, 0.25) is 0 Å². The number of nitrogens with zero attached hydrogens (tertiary/aromatic N) is 3. The fraction of sp³-hybridized carbons (Fsp3) is 0.429. The van der Waals surface area contributed by atoms with Gasteiger partial charge in [-0.2, -0.15) is 0 Å². The van der Waals surface area contributed by atoms with E-state index in [1.165, 1.54) is 43.4 Å². The van der Waals surface area contributed by atoms with Crippen molar-refractivity contribution in [2.45, 2.75) is 44.6 Å². The number of anilines is 1. The lowest BCUT2D eigenvalue weighted by molar-refractivity contribution is 0.0984. The molecule has 2 heterocycles. The summed E-state index contributed by atoms with van der Waals surface area (Å²) in [5, 5.41) is 1.52. The Bertz CT molecular complexity index is 1210. The zero-order chi connectivity index (χ0) is 25.1. The molecule has 0 saturated heterocycles. The number of methoxy groups -OCH3 is 1. The lowest BCUT2D eigenvalue weighted by atomic mass is 9.94. The molecule has 0 spiro atoms. The van der Waals surface area contributed by atoms with Gasteiger partial charge in [0, 0.05) is 47.9 Å². The molecule has 0 atom stereocenters. The van der Waals surface area contributed by atoms with Gasteiger partial charge in [-0.15, -0.1) is 11.3 Å². The third-order valence-corrected chi connectivity index (χ3v) is 8.55. The van der Waals surface area contributed by atoms with Gasteiger partial charge in [-0.05, 0) is 44.2 Å². The second-order valence-electron chi connectivity index (χ2n) is 9.46. The highest BCUT2D eigenvalue weighted by molar-refractivity contribution is 7.17. The van der Waals surface area contributed by atoms with Gasteiger partial charge < -0.3 is 19.3 Å². The molecule has 1 saturated carbocycles. The van der Waals surface area contributed by atoms with Gasteiger partial charge in [-0.3, -0.25) is 4.79 Å². The molecule has 0 radical (unpaired) electrons. The average molecular weight is 526 g/mol. The van der Waals surface area contributed by atoms with E-state index < -0.39 is 0 Å². The van der Waals surface area contributed by atoms with Crippen LogP contribution in [0.4, 0.5) is 5.69 Å². The third kappa shape index (κ3) is 5.38. The summed E-state index contributed by atoms with van der Waals surface area (Å²) in [5.41, 5.74) is 2.63. The van der Waals surface area contributed by atoms with Gasteiger partial charge in [-0.25, -0.2) is 4.98 Å². The van der Waals surface area contributed by atoms with Crippen LogP contribution in [0.2, 0.25) is 5.02 Å². The summed E-state index contributed by atoms with van der Waals surface area (Å²) in [5.74, 6) is 1.31. The molecule has 36 heavy (non-hydrogen) atoms. The molecule has 2 aromatic carbocycles. The molecular formula is C28H32ClN3O3S. The molecule has 0 N–H and O–H groups in total. The van der Waals surface area contributed by atoms with Crippen LogP contribution in [0.1, 0.15) is 47.5 Å². The van der Waals surface area contributed by atoms with Gasteiger partial charge in [0.15, 0.2) is 11.5 Å². The van der Waals surface area contributed by atoms with Crippen LogP contribution >= 0.6 is 22.9 Å². The van der Waals surface area contributed by atoms with E-state index in [0.717, 1.165) is 28.5 Å². The van der Waals surface area contributed by atoms with Crippen LogP contribution in [0, 0.1) is 0 Å². The maximum absolute atomic E-state index is 13.4. The molecule has 6 nitrogen and oxygen atoms in total. The molecular weight excluding hydrogens is 494 g/mol. The minimum atomic E-state index is -0.0289. The van der Waals surface area contributed by atoms with Crippen LogP contribution in [-0.4, -0.2) is 55.7 Å². The van der Waals surface area contributed by atoms with Crippen LogP contribution < -0.4 is 14.4 Å². The zero-order valence-electron chi connectivity index (χ0n) is 20.8. The largest absolute Gasteiger partial charge is 0.493 e. The maximum Gasteiger partial charge on any atom is 0.270 e. The first-order chi connectivity index (χ1) is 17.5. The molecule has 3 aromatic rings. The first-order valence-corrected chi connectivity index (χ1v) is 13.8. The Morgan fingerprint density at radius 1 is 1.11 bits per heavy atom. The smallest absolute Gasteiger partial charge is 0.270 e. The molecule has 8 heteroatoms. The molecule has 0 unspecified atom stereocenters. The summed E-state index contributed by atoms with van der Waals surface area (Å²) >= 11 is 7.45. The molecule has 0 bridgehead atoms. The fourth-order valence-corrected chi connectivity index (χ4v) is 6.23. The van der Waals surface area contributed by atoms with Crippen molar-refractivity contribution in [3.8, 4) is 22.1 Å². The predicted octanol–water partition coefficient (Wildman–Crippen LogP) is 6.32. The van der Waals surface area contributed by atoms with E-state index in [9.17, 15) is 4.79 Å². The molecule has 1 aliphatic carbocycles. The molecule has 5 rings (SSSR count). The summed E-state index contributed by atoms with van der Waals surface area (Å²) in [6.07, 6.45) is 7.27. The quantitative estimate of drug-likeness (QED) is 0.344. The minimum Gasteiger partial charge on any atom is -0.493 e. The van der Waals surface area contributed by atoms with E-state index in [2.05, 4.69) is 11.9 Å². The van der Waals surface area contributed by atoms with Crippen molar-refractivity contribution in [1.29, 1.82) is 0 Å². The summed E-state index contributed by atoms with van der Waals surface area (Å²) in [6.45, 7) is 2.05. The van der Waals surface area contributed by atoms with Crippen molar-refractivity contribution in [2.24, 2.45) is 0 Å². The highest BCUT2D eigenvalue weighted by Crippen LogP contribution is 2.37. The van der Waals surface area contributed by atoms with Crippen molar-refractivity contribution < 1.29 is 14.3 Å². The monoisotopic (exact) mass is 525 g/mol. The van der Waals surface area contributed by atoms with Gasteiger partial charge >= 0.3 is 0 Å². The van der Waals surface area contributed by atoms with E-state index in [4.69, 9.17) is 26.1 Å². The second-order valence-corrected chi connectivity index (χ2v) is 10.9. The third-order valence-electron chi connectivity index (χ3n) is 7.16. The maximum atomic E-state index is 13.4. The number of aromatic nitrogens is 1. The fourth-order valence-electron chi connectivity index (χ4n) is 5.04. The van der Waals surface area contributed by atoms with E-state index in [1.807, 2.05) is 42.5 Å². The van der Waals surface area contributed by atoms with Gasteiger partial charge in [0.1, 0.15) is 16.5 Å². The highest BCUT2D eigenvalue weighted by atomic mass is 35.5. The summed E-state index contributed by atoms with van der Waals surface area (Å²) in [7, 11) is 3.82. The normalized spacial score (nSPS) is 16.3. The number of fused-ring (bicyclic) bond motifs is 1. The first kappa shape index (κ1) is 25.1. The molecule has 1 aromatic heterocycles. The van der Waals surface area contributed by atoms with Gasteiger partial charge in [0.25, 0.3) is 5.91 Å². The summed E-state index contributed by atoms with van der Waals surface area (Å²) in [6, 6.07) is 14.0. The van der Waals surface area contributed by atoms with Gasteiger partial charge in [0.05, 0.1) is 12.8 Å². The number of halogens is 1. The topological polar surface area (TPSA) is 54.9 Å². The number of hydrogen-bond donors (Lipinski definition) is 0. The molecule has 1 aliphatic heterocycles. The Balaban J connectivity index is 1.26. The number of hydrogen-bond acceptors (Lipinski definition) is 6. The minimum absolute atomic E-state index is 0.0289. The average Bonchev–Trinajstić information content (AvgIpc) is 3.35. The van der Waals surface area contributed by atoms with Crippen LogP contribution in [-0.2, 0) is 6.42 Å². The van der Waals surface area contributed by atoms with Gasteiger partial charge in [-0.1, -0.05) is 43.0 Å². The zero-order valence-corrected chi connectivity index (χ0v) is 22.4. The molecule has 2 aliphatic rings. The van der Waals surface area contributed by atoms with Crippen LogP contribution in [0.5, 0.6) is 11.5 Å². The Labute approximate surface area is 221 Å². The Morgan fingerprint density at radius 3 is 2.64 bits per heavy atom. The van der Waals surface area contributed by atoms with E-state index in [-0.39, 0.29) is 5.91 Å². The Morgan fingerprint density at radius 2 is 1.89 bits per heavy atom. The number of likely N-dealkylation sites (N-methyl/N-ethyl adjacent to an activating group) is 1. The van der Waals surface area contributed by atoms with Crippen LogP contribution in [0.3, 0.4) is 0 Å². The Kier molecular flexibility index (Phi) is 7.79. The number of ether oxygens (including phenoxy) is 2. The van der Waals surface area contributed by atoms with E-state index >= 15 is 0 Å². The number of benzene rings is 2. The Hall–Kier alpha value is -2.61. The van der Waals surface area contributed by atoms with Crippen molar-refractivity contribution in [2.75, 3.05) is 38.8 Å². The van der Waals surface area contributed by atoms with Crippen molar-refractivity contribution >= 4 is 34.5 Å². The van der Waals surface area contributed by atoms with Crippen LogP contribution in [0.15, 0.2) is 42.5 Å². The molecule has 190 valence electrons. The van der Waals surface area contributed by atoms with E-state index in [0.29, 0.717) is 47.0 Å². The molecule has 1 fully saturated rings. The van der Waals surface area contributed by atoms with Crippen molar-refractivity contribution in [1.82, 2.24) is 9.88 Å². The van der Waals surface area contributed by atoms with Crippen molar-refractivity contribution in [3.63, 3.8) is 0 Å². The SMILES string of the molecule is COc1cc(N2CCc3nc(-c4ccc(Cl)cc4)sc3C2=O)ccc1OCCN(C)C1CCCCC1. The standard InChI is InChI=1S/C28H32ClN3O3S/c1-31(21-6-4-3-5-7-21)16-17-35-24-13-12-22(18-25(24)34-2)32-15-14-23-26(28(32)33)36-27(30-23)19-8-10-20(29)11-9-19/h8-13,18,21H,3-7,14-17H2,1-2H3. The number of carbonyl (C=O) groups is 1.